The number of nitrogens with zero attached hydrogens (tertiary/aromatic N) is 4. The molecule has 0 unspecified atom stereocenters. The van der Waals surface area contributed by atoms with Crippen LogP contribution >= 0.6 is 0 Å². The molecule has 0 spiro atoms. The second-order valence-corrected chi connectivity index (χ2v) is 6.58. The Morgan fingerprint density at radius 3 is 2.29 bits per heavy atom. The lowest BCUT2D eigenvalue weighted by Gasteiger charge is -2.35. The van der Waals surface area contributed by atoms with Crippen molar-refractivity contribution in [3.8, 4) is 11.4 Å². The number of rotatable bonds is 4. The third-order valence-corrected chi connectivity index (χ3v) is 4.88. The molecular weight excluding hydrogens is 359 g/mol. The van der Waals surface area contributed by atoms with Gasteiger partial charge < -0.3 is 14.5 Å². The summed E-state index contributed by atoms with van der Waals surface area (Å²) < 4.78 is 20.2. The zero-order chi connectivity index (χ0) is 19.5. The predicted octanol–water partition coefficient (Wildman–Crippen LogP) is 2.98. The zero-order valence-electron chi connectivity index (χ0n) is 15.6. The van der Waals surface area contributed by atoms with Crippen LogP contribution < -0.4 is 9.64 Å². The molecule has 0 atom stereocenters. The lowest BCUT2D eigenvalue weighted by atomic mass is 10.2. The number of ether oxygens (including phenoxy) is 1. The van der Waals surface area contributed by atoms with E-state index in [2.05, 4.69) is 10.00 Å². The van der Waals surface area contributed by atoms with Crippen LogP contribution in [0.1, 0.15) is 10.5 Å². The van der Waals surface area contributed by atoms with Gasteiger partial charge in [-0.3, -0.25) is 4.79 Å². The first-order valence-electron chi connectivity index (χ1n) is 9.14. The molecule has 0 saturated carbocycles. The van der Waals surface area contributed by atoms with E-state index in [9.17, 15) is 9.18 Å². The number of piperazine rings is 1. The standard InChI is InChI=1S/C21H21FN4O2/c1-28-19-15-26(18-5-3-2-4-6-18)23-20(19)21(27)25-13-11-24(12-14-25)17-9-7-16(22)8-10-17/h2-10,15H,11-14H2,1H3. The van der Waals surface area contributed by atoms with E-state index in [1.54, 1.807) is 27.9 Å². The Hall–Kier alpha value is -3.35. The summed E-state index contributed by atoms with van der Waals surface area (Å²) in [6.07, 6.45) is 1.72. The number of anilines is 1. The second kappa shape index (κ2) is 7.72. The fraction of sp³-hybridized carbons (Fsp3) is 0.238. The van der Waals surface area contributed by atoms with Crippen molar-refractivity contribution < 1.29 is 13.9 Å². The predicted molar refractivity (Wildman–Crippen MR) is 105 cm³/mol. The first-order chi connectivity index (χ1) is 13.7. The van der Waals surface area contributed by atoms with E-state index in [-0.39, 0.29) is 11.7 Å². The molecule has 0 N–H and O–H groups in total. The van der Waals surface area contributed by atoms with Crippen molar-refractivity contribution in [3.05, 3.63) is 72.3 Å². The van der Waals surface area contributed by atoms with Crippen LogP contribution in [0.25, 0.3) is 5.69 Å². The lowest BCUT2D eigenvalue weighted by molar-refractivity contribution is 0.0737. The molecule has 7 heteroatoms. The number of hydrogen-bond acceptors (Lipinski definition) is 4. The minimum atomic E-state index is -0.251. The van der Waals surface area contributed by atoms with Crippen LogP contribution in [-0.4, -0.2) is 53.9 Å². The number of methoxy groups -OCH3 is 1. The van der Waals surface area contributed by atoms with Gasteiger partial charge in [-0.25, -0.2) is 9.07 Å². The highest BCUT2D eigenvalue weighted by atomic mass is 19.1. The molecule has 1 fully saturated rings. The summed E-state index contributed by atoms with van der Waals surface area (Å²) in [4.78, 5) is 16.9. The summed E-state index contributed by atoms with van der Waals surface area (Å²) >= 11 is 0. The van der Waals surface area contributed by atoms with Crippen LogP contribution in [0.4, 0.5) is 10.1 Å². The molecular formula is C21H21FN4O2. The molecule has 4 rings (SSSR count). The molecule has 1 aliphatic heterocycles. The molecule has 3 aromatic rings. The molecule has 1 saturated heterocycles. The van der Waals surface area contributed by atoms with E-state index in [4.69, 9.17) is 4.74 Å². The summed E-state index contributed by atoms with van der Waals surface area (Å²) in [5.41, 5.74) is 2.13. The quantitative estimate of drug-likeness (QED) is 0.698. The van der Waals surface area contributed by atoms with Crippen molar-refractivity contribution in [2.75, 3.05) is 38.2 Å². The van der Waals surface area contributed by atoms with Gasteiger partial charge in [0.05, 0.1) is 19.0 Å². The van der Waals surface area contributed by atoms with Crippen LogP contribution in [0.15, 0.2) is 60.8 Å². The number of carbonyl (C=O) groups is 1. The van der Waals surface area contributed by atoms with Gasteiger partial charge in [-0.05, 0) is 36.4 Å². The first kappa shape index (κ1) is 18.0. The Morgan fingerprint density at radius 2 is 1.64 bits per heavy atom. The molecule has 0 aliphatic carbocycles. The monoisotopic (exact) mass is 380 g/mol. The SMILES string of the molecule is COc1cn(-c2ccccc2)nc1C(=O)N1CCN(c2ccc(F)cc2)CC1. The van der Waals surface area contributed by atoms with Crippen LogP contribution in [-0.2, 0) is 0 Å². The summed E-state index contributed by atoms with van der Waals surface area (Å²) in [6.45, 7) is 2.49. The maximum absolute atomic E-state index is 13.1. The Morgan fingerprint density at radius 1 is 0.964 bits per heavy atom. The maximum Gasteiger partial charge on any atom is 0.278 e. The number of halogens is 1. The molecule has 1 aliphatic rings. The van der Waals surface area contributed by atoms with Crippen LogP contribution in [0, 0.1) is 5.82 Å². The number of carbonyl (C=O) groups excluding carboxylic acids is 1. The van der Waals surface area contributed by atoms with Gasteiger partial charge >= 0.3 is 0 Å². The van der Waals surface area contributed by atoms with Crippen LogP contribution in [0.2, 0.25) is 0 Å². The minimum absolute atomic E-state index is 0.148. The van der Waals surface area contributed by atoms with Gasteiger partial charge in [0.25, 0.3) is 5.91 Å². The molecule has 0 radical (unpaired) electrons. The van der Waals surface area contributed by atoms with Gasteiger partial charge in [0.1, 0.15) is 5.82 Å². The van der Waals surface area contributed by atoms with Crippen molar-refractivity contribution in [1.82, 2.24) is 14.7 Å². The zero-order valence-corrected chi connectivity index (χ0v) is 15.6. The fourth-order valence-electron chi connectivity index (χ4n) is 3.34. The van der Waals surface area contributed by atoms with E-state index in [1.165, 1.54) is 19.2 Å². The van der Waals surface area contributed by atoms with E-state index >= 15 is 0 Å². The highest BCUT2D eigenvalue weighted by Gasteiger charge is 2.27. The number of benzene rings is 2. The van der Waals surface area contributed by atoms with Gasteiger partial charge in [0.2, 0.25) is 0 Å². The Balaban J connectivity index is 1.48. The molecule has 1 aromatic heterocycles. The van der Waals surface area contributed by atoms with Crippen LogP contribution in [0.5, 0.6) is 5.75 Å². The maximum atomic E-state index is 13.1. The van der Waals surface area contributed by atoms with Gasteiger partial charge in [0.15, 0.2) is 11.4 Å². The van der Waals surface area contributed by atoms with E-state index < -0.39 is 0 Å². The highest BCUT2D eigenvalue weighted by Crippen LogP contribution is 2.23. The Kier molecular flexibility index (Phi) is 4.97. The smallest absolute Gasteiger partial charge is 0.278 e. The summed E-state index contributed by atoms with van der Waals surface area (Å²) in [6, 6.07) is 16.0. The van der Waals surface area contributed by atoms with Gasteiger partial charge in [0, 0.05) is 31.9 Å². The lowest BCUT2D eigenvalue weighted by Crippen LogP contribution is -2.49. The number of hydrogen-bond donors (Lipinski definition) is 0. The molecule has 28 heavy (non-hydrogen) atoms. The molecule has 2 heterocycles. The average molecular weight is 380 g/mol. The second-order valence-electron chi connectivity index (χ2n) is 6.58. The minimum Gasteiger partial charge on any atom is -0.493 e. The first-order valence-corrected chi connectivity index (χ1v) is 9.14. The topological polar surface area (TPSA) is 50.6 Å². The Labute approximate surface area is 162 Å². The normalized spacial score (nSPS) is 14.2. The number of para-hydroxylation sites is 1. The number of aromatic nitrogens is 2. The van der Waals surface area contributed by atoms with Crippen molar-refractivity contribution >= 4 is 11.6 Å². The number of amides is 1. The fourth-order valence-corrected chi connectivity index (χ4v) is 3.34. The Bertz CT molecular complexity index is 948. The van der Waals surface area contributed by atoms with Crippen LogP contribution in [0.3, 0.4) is 0 Å². The van der Waals surface area contributed by atoms with Gasteiger partial charge in [-0.15, -0.1) is 0 Å². The van der Waals surface area contributed by atoms with Crippen molar-refractivity contribution in [2.45, 2.75) is 0 Å². The summed E-state index contributed by atoms with van der Waals surface area (Å²) in [5, 5.41) is 4.46. The van der Waals surface area contributed by atoms with Crippen molar-refractivity contribution in [3.63, 3.8) is 0 Å². The summed E-state index contributed by atoms with van der Waals surface area (Å²) in [5.74, 6) is 0.0544. The third kappa shape index (κ3) is 3.55. The largest absolute Gasteiger partial charge is 0.493 e. The van der Waals surface area contributed by atoms with E-state index in [0.29, 0.717) is 37.6 Å². The average Bonchev–Trinajstić information content (AvgIpc) is 3.19. The molecule has 0 bridgehead atoms. The molecule has 1 amide bonds. The van der Waals surface area contributed by atoms with E-state index in [1.807, 2.05) is 30.3 Å². The highest BCUT2D eigenvalue weighted by molar-refractivity contribution is 5.95. The molecule has 6 nitrogen and oxygen atoms in total. The summed E-state index contributed by atoms with van der Waals surface area (Å²) in [7, 11) is 1.54. The van der Waals surface area contributed by atoms with Crippen molar-refractivity contribution in [1.29, 1.82) is 0 Å². The van der Waals surface area contributed by atoms with Gasteiger partial charge in [-0.2, -0.15) is 5.10 Å². The molecule has 2 aromatic carbocycles. The molecule has 144 valence electrons. The third-order valence-electron chi connectivity index (χ3n) is 4.88. The van der Waals surface area contributed by atoms with Crippen molar-refractivity contribution in [2.24, 2.45) is 0 Å². The van der Waals surface area contributed by atoms with E-state index in [0.717, 1.165) is 11.4 Å². The van der Waals surface area contributed by atoms with Gasteiger partial charge in [-0.1, -0.05) is 18.2 Å².